The molecule has 37 nitrogen and oxygen atoms in total. The van der Waals surface area contributed by atoms with Gasteiger partial charge in [-0.2, -0.15) is 0 Å². The number of amides is 9. The summed E-state index contributed by atoms with van der Waals surface area (Å²) >= 11 is 1.92. The molecule has 0 saturated carbocycles. The van der Waals surface area contributed by atoms with E-state index in [4.69, 9.17) is 42.6 Å². The third-order valence-corrected chi connectivity index (χ3v) is 16.9. The summed E-state index contributed by atoms with van der Waals surface area (Å²) in [6, 6.07) is -3.22. The highest BCUT2D eigenvalue weighted by atomic mass is 127. The molecule has 3 fully saturated rings. The Morgan fingerprint density at radius 1 is 0.354 bits per heavy atom. The smallest absolute Gasteiger partial charge is 0.222 e. The molecule has 0 aromatic heterocycles. The fourth-order valence-electron chi connectivity index (χ4n) is 10.3. The molecule has 3 rings (SSSR count). The van der Waals surface area contributed by atoms with E-state index >= 15 is 0 Å². The maximum absolute atomic E-state index is 12.7. The van der Waals surface area contributed by atoms with E-state index < -0.39 is 135 Å². The summed E-state index contributed by atoms with van der Waals surface area (Å²) in [6.45, 7) is 3.90. The highest BCUT2D eigenvalue weighted by Crippen LogP contribution is 2.26. The van der Waals surface area contributed by atoms with Gasteiger partial charge >= 0.3 is 0 Å². The fraction of sp³-hybridized carbons (Fsp3) is 0.852. The molecule has 3 saturated heterocycles. The summed E-state index contributed by atoms with van der Waals surface area (Å²) < 4.78 is 54.6. The van der Waals surface area contributed by atoms with Crippen molar-refractivity contribution in [1.82, 2.24) is 51.4 Å². The first-order chi connectivity index (χ1) is 47.4. The number of nitrogens with one attached hydrogen (secondary N) is 10. The summed E-state index contributed by atoms with van der Waals surface area (Å²) in [5.41, 5.74) is -1.01. The van der Waals surface area contributed by atoms with Crippen LogP contribution in [0.2, 0.25) is 0 Å². The molecule has 0 aliphatic carbocycles. The van der Waals surface area contributed by atoms with Crippen LogP contribution in [-0.2, 0) is 85.8 Å². The zero-order valence-electron chi connectivity index (χ0n) is 56.7. The number of aliphatic hydroxyl groups excluding tert-OH is 9. The normalized spacial score (nSPS) is 25.8. The van der Waals surface area contributed by atoms with Crippen molar-refractivity contribution in [3.63, 3.8) is 0 Å². The Morgan fingerprint density at radius 2 is 0.596 bits per heavy atom. The van der Waals surface area contributed by atoms with Crippen molar-refractivity contribution in [2.45, 2.75) is 215 Å². The van der Waals surface area contributed by atoms with Crippen molar-refractivity contribution >= 4 is 76.0 Å². The van der Waals surface area contributed by atoms with Crippen LogP contribution >= 0.6 is 22.9 Å². The van der Waals surface area contributed by atoms with Crippen molar-refractivity contribution in [2.24, 2.45) is 0 Å². The Morgan fingerprint density at radius 3 is 0.818 bits per heavy atom. The lowest BCUT2D eigenvalue weighted by atomic mass is 9.97. The summed E-state index contributed by atoms with van der Waals surface area (Å²) in [6.07, 6.45) is -11.0. The number of ether oxygens (including phenoxy) is 9. The molecule has 0 aromatic carbocycles. The van der Waals surface area contributed by atoms with Crippen LogP contribution in [0.15, 0.2) is 0 Å². The Bertz CT molecular complexity index is 2140. The lowest BCUT2D eigenvalue weighted by Crippen LogP contribution is -2.64. The van der Waals surface area contributed by atoms with Crippen LogP contribution in [0.1, 0.15) is 117 Å². The van der Waals surface area contributed by atoms with Gasteiger partial charge in [-0.1, -0.05) is 0 Å². The number of hydrogen-bond acceptors (Lipinski definition) is 28. The van der Waals surface area contributed by atoms with E-state index in [1.807, 2.05) is 22.9 Å². The number of halogens is 1. The van der Waals surface area contributed by atoms with Crippen molar-refractivity contribution < 1.29 is 132 Å². The van der Waals surface area contributed by atoms with Crippen molar-refractivity contribution in [3.05, 3.63) is 0 Å². The molecule has 3 aliphatic heterocycles. The SMILES string of the molecule is CC(=O)N[C@H]1C(O)[C@@H](O)C(CO)O[C@H]1OCCCCC(=O)NCCCNC(=O)CCOCC(COCCC(=O)NCCCNC(=O)CCCCO[C@@H]1OC(CO)[C@H](O)C(O)[C@@H]1NC(C)=O)(COCCC(=O)NCCCNC(=O)CCCCO[C@@H]1OC(CO)[C@H](O)C(O)[C@@H]1NC(C)=O)NI. The van der Waals surface area contributed by atoms with Crippen LogP contribution in [-0.4, -0.2) is 315 Å². The van der Waals surface area contributed by atoms with Gasteiger partial charge in [0.05, 0.1) is 65.0 Å². The van der Waals surface area contributed by atoms with E-state index in [0.29, 0.717) is 57.8 Å². The number of unbranched alkanes of at least 4 members (excludes halogenated alkanes) is 3. The van der Waals surface area contributed by atoms with Crippen molar-refractivity contribution in [2.75, 3.05) is 119 Å². The van der Waals surface area contributed by atoms with Gasteiger partial charge in [-0.25, -0.2) is 3.53 Å². The molecule has 0 spiro atoms. The minimum atomic E-state index is -1.44. The maximum atomic E-state index is 12.7. The third-order valence-electron chi connectivity index (χ3n) is 15.7. The predicted octanol–water partition coefficient (Wildman–Crippen LogP) is -6.86. The standard InChI is InChI=1S/C61H109IN10O27/c1-37(76)69-49-55(88)52(85)40(31-73)97-58(49)94-25-7-4-13-43(79)63-19-10-22-66-46(82)16-28-91-34-61(72-62,35-92-29-17-47(83)67-23-11-20-64-44(80)14-5-8-26-95-59-50(70-38(2)77)56(89)53(86)41(32-74)98-59)36-93-30-18-48(84)68-24-12-21-65-45(81)15-6-9-27-96-60-51(71-39(3)78)57(90)54(87)42(33-75)99-60/h40-42,49-60,72-75,85-90H,4-36H2,1-3H3,(H,63,79)(H,64,80)(H,65,81)(H,66,82)(H,67,83)(H,68,84)(H,69,76)(H,70,77)(H,71,78)/t40?,41?,42?,49-,50-,51-,52-,53-,54-,55?,56?,57?,58+,59+,60+,61?/m0/s1. The van der Waals surface area contributed by atoms with Gasteiger partial charge in [0, 0.05) is 141 Å². The van der Waals surface area contributed by atoms with Crippen LogP contribution in [0.3, 0.4) is 0 Å². The Balaban J connectivity index is 1.36. The molecular weight excluding hydrogens is 1430 g/mol. The number of carbonyl (C=O) groups excluding carboxylic acids is 9. The summed E-state index contributed by atoms with van der Waals surface area (Å²) in [5.74, 6) is -3.02. The van der Waals surface area contributed by atoms with Gasteiger partial charge in [0.1, 0.15) is 73.1 Å². The van der Waals surface area contributed by atoms with Crippen LogP contribution in [0.4, 0.5) is 0 Å². The average Bonchev–Trinajstić information content (AvgIpc) is 0.824. The molecule has 0 bridgehead atoms. The first kappa shape index (κ1) is 88.4. The largest absolute Gasteiger partial charge is 0.394 e. The van der Waals surface area contributed by atoms with E-state index in [9.17, 15) is 89.1 Å². The summed E-state index contributed by atoms with van der Waals surface area (Å²) in [4.78, 5) is 111. The maximum Gasteiger partial charge on any atom is 0.222 e. The van der Waals surface area contributed by atoms with Gasteiger partial charge in [-0.05, 0) is 57.8 Å². The minimum absolute atomic E-state index is 0.00373. The van der Waals surface area contributed by atoms with Crippen LogP contribution in [0.5, 0.6) is 0 Å². The topological polar surface area (TPSA) is 539 Å². The highest BCUT2D eigenvalue weighted by Gasteiger charge is 2.48. The van der Waals surface area contributed by atoms with Crippen LogP contribution in [0.25, 0.3) is 0 Å². The Labute approximate surface area is 589 Å². The number of carbonyl (C=O) groups is 9. The van der Waals surface area contributed by atoms with Gasteiger partial charge in [0.15, 0.2) is 18.9 Å². The van der Waals surface area contributed by atoms with Crippen molar-refractivity contribution in [1.29, 1.82) is 0 Å². The quantitative estimate of drug-likeness (QED) is 0.0153. The molecule has 9 amide bonds. The van der Waals surface area contributed by atoms with Crippen LogP contribution < -0.4 is 51.4 Å². The van der Waals surface area contributed by atoms with Gasteiger partial charge in [-0.15, -0.1) is 0 Å². The van der Waals surface area contributed by atoms with Crippen molar-refractivity contribution in [3.8, 4) is 0 Å². The molecule has 3 aliphatic rings. The average molecular weight is 1540 g/mol. The first-order valence-electron chi connectivity index (χ1n) is 33.6. The molecule has 0 radical (unpaired) electrons. The Kier molecular flexibility index (Phi) is 45.1. The number of hydrogen-bond donors (Lipinski definition) is 19. The zero-order valence-corrected chi connectivity index (χ0v) is 58.9. The van der Waals surface area contributed by atoms with E-state index in [2.05, 4.69) is 51.4 Å². The Hall–Kier alpha value is -4.80. The molecule has 15 atom stereocenters. The first-order valence-corrected chi connectivity index (χ1v) is 34.7. The second-order valence-electron chi connectivity index (χ2n) is 24.2. The number of rotatable bonds is 52. The van der Waals surface area contributed by atoms with Gasteiger partial charge < -0.3 is 136 Å². The monoisotopic (exact) mass is 1540 g/mol. The lowest BCUT2D eigenvalue weighted by molar-refractivity contribution is -0.270. The predicted molar refractivity (Wildman–Crippen MR) is 354 cm³/mol. The summed E-state index contributed by atoms with van der Waals surface area (Å²) in [7, 11) is 0. The van der Waals surface area contributed by atoms with Gasteiger partial charge in [0.2, 0.25) is 53.2 Å². The van der Waals surface area contributed by atoms with Crippen LogP contribution in [0, 0.1) is 0 Å². The lowest BCUT2D eigenvalue weighted by Gasteiger charge is -2.42. The second kappa shape index (κ2) is 50.5. The molecule has 3 heterocycles. The van der Waals surface area contributed by atoms with E-state index in [1.54, 1.807) is 0 Å². The molecule has 38 heteroatoms. The minimum Gasteiger partial charge on any atom is -0.394 e. The molecule has 6 unspecified atom stereocenters. The van der Waals surface area contributed by atoms with Gasteiger partial charge in [0.25, 0.3) is 0 Å². The summed E-state index contributed by atoms with van der Waals surface area (Å²) in [5, 5.41) is 115. The zero-order chi connectivity index (χ0) is 73.1. The second-order valence-corrected chi connectivity index (χ2v) is 24.8. The molecule has 19 N–H and O–H groups in total. The highest BCUT2D eigenvalue weighted by molar-refractivity contribution is 14.1. The fourth-order valence-corrected chi connectivity index (χ4v) is 10.7. The molecule has 99 heavy (non-hydrogen) atoms. The molecular formula is C61H109IN10O27. The van der Waals surface area contributed by atoms with E-state index in [0.717, 1.165) is 0 Å². The third kappa shape index (κ3) is 35.3. The van der Waals surface area contributed by atoms with E-state index in [1.165, 1.54) is 20.8 Å². The molecule has 0 aromatic rings. The molecule has 572 valence electrons. The van der Waals surface area contributed by atoms with Gasteiger partial charge in [-0.3, -0.25) is 43.2 Å². The van der Waals surface area contributed by atoms with E-state index in [-0.39, 0.29) is 173 Å². The number of aliphatic hydroxyl groups is 9.